The van der Waals surface area contributed by atoms with Gasteiger partial charge in [-0.1, -0.05) is 12.8 Å². The Labute approximate surface area is 106 Å². The molecule has 6 nitrogen and oxygen atoms in total. The summed E-state index contributed by atoms with van der Waals surface area (Å²) in [5, 5.41) is 17.0. The fourth-order valence-electron chi connectivity index (χ4n) is 2.40. The number of aromatic nitrogens is 1. The topological polar surface area (TPSA) is 80.1 Å². The first-order valence-corrected chi connectivity index (χ1v) is 6.15. The van der Waals surface area contributed by atoms with Crippen LogP contribution in [0.4, 0.5) is 17.3 Å². The van der Waals surface area contributed by atoms with Gasteiger partial charge in [-0.2, -0.15) is 0 Å². The summed E-state index contributed by atoms with van der Waals surface area (Å²) in [7, 11) is 1.70. The lowest BCUT2D eigenvalue weighted by molar-refractivity contribution is -0.384. The lowest BCUT2D eigenvalue weighted by Crippen LogP contribution is -2.31. The van der Waals surface area contributed by atoms with Crippen LogP contribution in [0.2, 0.25) is 0 Å². The van der Waals surface area contributed by atoms with E-state index in [-0.39, 0.29) is 11.2 Å². The normalized spacial score (nSPS) is 17.4. The van der Waals surface area contributed by atoms with Gasteiger partial charge in [0, 0.05) is 12.6 Å². The maximum atomic E-state index is 10.9. The van der Waals surface area contributed by atoms with E-state index in [1.807, 2.05) is 0 Å². The Kier molecular flexibility index (Phi) is 3.36. The highest BCUT2D eigenvalue weighted by Crippen LogP contribution is 2.33. The van der Waals surface area contributed by atoms with E-state index in [1.165, 1.54) is 25.0 Å². The molecule has 1 heterocycles. The van der Waals surface area contributed by atoms with Crippen molar-refractivity contribution in [3.8, 4) is 0 Å². The van der Waals surface area contributed by atoms with E-state index in [2.05, 4.69) is 22.5 Å². The van der Waals surface area contributed by atoms with Gasteiger partial charge in [0.05, 0.1) is 17.1 Å². The van der Waals surface area contributed by atoms with Gasteiger partial charge in [0.2, 0.25) is 0 Å². The molecule has 0 amide bonds. The molecule has 0 radical (unpaired) electrons. The molecule has 0 aliphatic heterocycles. The van der Waals surface area contributed by atoms with Crippen molar-refractivity contribution in [1.82, 2.24) is 4.98 Å². The minimum atomic E-state index is -0.398. The number of pyridine rings is 1. The lowest BCUT2D eigenvalue weighted by atomic mass is 10.0. The predicted octanol–water partition coefficient (Wildman–Crippen LogP) is 2.78. The predicted molar refractivity (Wildman–Crippen MR) is 70.9 cm³/mol. The molecule has 2 N–H and O–H groups in total. The van der Waals surface area contributed by atoms with Crippen LogP contribution in [0.15, 0.2) is 12.1 Å². The number of nitrogens with zero attached hydrogens (tertiary/aromatic N) is 2. The van der Waals surface area contributed by atoms with E-state index in [4.69, 9.17) is 0 Å². The summed E-state index contributed by atoms with van der Waals surface area (Å²) in [6.45, 7) is 2.14. The maximum absolute atomic E-state index is 10.9. The van der Waals surface area contributed by atoms with Gasteiger partial charge in [-0.3, -0.25) is 10.1 Å². The molecule has 0 spiro atoms. The van der Waals surface area contributed by atoms with E-state index in [1.54, 1.807) is 7.05 Å². The molecule has 0 unspecified atom stereocenters. The summed E-state index contributed by atoms with van der Waals surface area (Å²) < 4.78 is 0. The van der Waals surface area contributed by atoms with Gasteiger partial charge in [0.1, 0.15) is 11.6 Å². The third kappa shape index (κ3) is 2.69. The van der Waals surface area contributed by atoms with Crippen LogP contribution in [0, 0.1) is 10.1 Å². The zero-order valence-electron chi connectivity index (χ0n) is 10.7. The first kappa shape index (κ1) is 12.6. The fourth-order valence-corrected chi connectivity index (χ4v) is 2.40. The Hall–Kier alpha value is -1.85. The standard InChI is InChI=1S/C12H18N4O2/c1-12(5-3-4-6-12)15-11-8-9(16(17)18)7-10(13-2)14-11/h7-8H,3-6H2,1-2H3,(H2,13,14,15). The van der Waals surface area contributed by atoms with Crippen LogP contribution in [0.25, 0.3) is 0 Å². The zero-order chi connectivity index (χ0) is 13.2. The third-order valence-electron chi connectivity index (χ3n) is 3.41. The molecule has 1 saturated carbocycles. The first-order chi connectivity index (χ1) is 8.52. The third-order valence-corrected chi connectivity index (χ3v) is 3.41. The van der Waals surface area contributed by atoms with Crippen molar-refractivity contribution < 1.29 is 4.92 Å². The molecular weight excluding hydrogens is 232 g/mol. The molecule has 0 aromatic carbocycles. The quantitative estimate of drug-likeness (QED) is 0.634. The monoisotopic (exact) mass is 250 g/mol. The van der Waals surface area contributed by atoms with Crippen molar-refractivity contribution in [3.63, 3.8) is 0 Å². The first-order valence-electron chi connectivity index (χ1n) is 6.15. The van der Waals surface area contributed by atoms with Gasteiger partial charge < -0.3 is 10.6 Å². The van der Waals surface area contributed by atoms with Crippen LogP contribution in [-0.4, -0.2) is 22.5 Å². The summed E-state index contributed by atoms with van der Waals surface area (Å²) in [6, 6.07) is 2.92. The lowest BCUT2D eigenvalue weighted by Gasteiger charge is -2.26. The molecular formula is C12H18N4O2. The van der Waals surface area contributed by atoms with Crippen molar-refractivity contribution in [2.45, 2.75) is 38.1 Å². The molecule has 1 fully saturated rings. The number of anilines is 2. The maximum Gasteiger partial charge on any atom is 0.276 e. The molecule has 18 heavy (non-hydrogen) atoms. The molecule has 0 bridgehead atoms. The molecule has 1 aliphatic rings. The van der Waals surface area contributed by atoms with Crippen molar-refractivity contribution >= 4 is 17.3 Å². The molecule has 0 atom stereocenters. The summed E-state index contributed by atoms with van der Waals surface area (Å²) in [4.78, 5) is 14.8. The Morgan fingerprint density at radius 3 is 2.50 bits per heavy atom. The van der Waals surface area contributed by atoms with Crippen LogP contribution in [-0.2, 0) is 0 Å². The van der Waals surface area contributed by atoms with Crippen LogP contribution in [0.5, 0.6) is 0 Å². The van der Waals surface area contributed by atoms with Crippen molar-refractivity contribution in [1.29, 1.82) is 0 Å². The van der Waals surface area contributed by atoms with Gasteiger partial charge >= 0.3 is 0 Å². The number of hydrogen-bond donors (Lipinski definition) is 2. The highest BCUT2D eigenvalue weighted by molar-refractivity contribution is 5.55. The van der Waals surface area contributed by atoms with Crippen LogP contribution in [0.3, 0.4) is 0 Å². The van der Waals surface area contributed by atoms with Crippen LogP contribution in [0.1, 0.15) is 32.6 Å². The van der Waals surface area contributed by atoms with E-state index >= 15 is 0 Å². The minimum Gasteiger partial charge on any atom is -0.373 e. The molecule has 0 saturated heterocycles. The van der Waals surface area contributed by atoms with E-state index in [0.29, 0.717) is 11.6 Å². The molecule has 1 aliphatic carbocycles. The largest absolute Gasteiger partial charge is 0.373 e. The fraction of sp³-hybridized carbons (Fsp3) is 0.583. The van der Waals surface area contributed by atoms with E-state index < -0.39 is 4.92 Å². The van der Waals surface area contributed by atoms with E-state index in [9.17, 15) is 10.1 Å². The summed E-state index contributed by atoms with van der Waals surface area (Å²) in [5.41, 5.74) is 0.0613. The number of rotatable bonds is 4. The van der Waals surface area contributed by atoms with E-state index in [0.717, 1.165) is 12.8 Å². The van der Waals surface area contributed by atoms with Crippen molar-refractivity contribution in [3.05, 3.63) is 22.2 Å². The van der Waals surface area contributed by atoms with Crippen LogP contribution >= 0.6 is 0 Å². The Bertz CT molecular complexity index is 455. The number of hydrogen-bond acceptors (Lipinski definition) is 5. The highest BCUT2D eigenvalue weighted by Gasteiger charge is 2.29. The molecule has 98 valence electrons. The van der Waals surface area contributed by atoms with Gasteiger partial charge in [0.15, 0.2) is 0 Å². The summed E-state index contributed by atoms with van der Waals surface area (Å²) >= 11 is 0. The Morgan fingerprint density at radius 1 is 1.33 bits per heavy atom. The van der Waals surface area contributed by atoms with Gasteiger partial charge in [-0.25, -0.2) is 4.98 Å². The number of nitro groups is 1. The van der Waals surface area contributed by atoms with Gasteiger partial charge in [-0.05, 0) is 19.8 Å². The summed E-state index contributed by atoms with van der Waals surface area (Å²) in [6.07, 6.45) is 4.53. The van der Waals surface area contributed by atoms with Crippen LogP contribution < -0.4 is 10.6 Å². The van der Waals surface area contributed by atoms with Gasteiger partial charge in [-0.15, -0.1) is 0 Å². The second kappa shape index (κ2) is 4.80. The van der Waals surface area contributed by atoms with Crippen molar-refractivity contribution in [2.24, 2.45) is 0 Å². The second-order valence-electron chi connectivity index (χ2n) is 5.00. The Balaban J connectivity index is 2.26. The minimum absolute atomic E-state index is 0.00718. The molecule has 6 heteroatoms. The molecule has 1 aromatic heterocycles. The second-order valence-corrected chi connectivity index (χ2v) is 5.00. The Morgan fingerprint density at radius 2 is 1.94 bits per heavy atom. The smallest absolute Gasteiger partial charge is 0.276 e. The zero-order valence-corrected chi connectivity index (χ0v) is 10.7. The van der Waals surface area contributed by atoms with Gasteiger partial charge in [0.25, 0.3) is 5.69 Å². The van der Waals surface area contributed by atoms with Crippen molar-refractivity contribution in [2.75, 3.05) is 17.7 Å². The SMILES string of the molecule is CNc1cc([N+](=O)[O-])cc(NC2(C)CCCC2)n1. The summed E-state index contributed by atoms with van der Waals surface area (Å²) in [5.74, 6) is 1.08. The highest BCUT2D eigenvalue weighted by atomic mass is 16.6. The number of nitrogens with one attached hydrogen (secondary N) is 2. The molecule has 1 aromatic rings. The average molecular weight is 250 g/mol. The average Bonchev–Trinajstić information content (AvgIpc) is 2.75. The molecule has 2 rings (SSSR count).